The van der Waals surface area contributed by atoms with Crippen LogP contribution in [0, 0.1) is 6.92 Å². The second-order valence-corrected chi connectivity index (χ2v) is 9.46. The Kier molecular flexibility index (Phi) is 13.1. The highest BCUT2D eigenvalue weighted by atomic mass is 32.2. The van der Waals surface area contributed by atoms with Crippen LogP contribution in [0.25, 0.3) is 0 Å². The van der Waals surface area contributed by atoms with Crippen LogP contribution in [0.1, 0.15) is 37.8 Å². The van der Waals surface area contributed by atoms with Crippen LogP contribution in [0.15, 0.2) is 48.5 Å². The van der Waals surface area contributed by atoms with E-state index in [1.807, 2.05) is 67.2 Å². The van der Waals surface area contributed by atoms with Crippen LogP contribution in [0.4, 0.5) is 10.5 Å². The summed E-state index contributed by atoms with van der Waals surface area (Å²) in [6.45, 7) is 7.77. The molecular formula is C27H38N2O5S. The Morgan fingerprint density at radius 2 is 1.86 bits per heavy atom. The molecule has 0 aliphatic heterocycles. The number of carbonyl (C=O) groups excluding carboxylic acids is 1. The number of hydrogen-bond acceptors (Lipinski definition) is 5. The Labute approximate surface area is 213 Å². The van der Waals surface area contributed by atoms with Gasteiger partial charge < -0.3 is 24.8 Å². The SMILES string of the molecule is CCCSCCCN(CCOc1ccc(CC(OCC)C(=O)O)cc1)C(=O)Nc1cccc(C)c1. The third-order valence-electron chi connectivity index (χ3n) is 5.24. The van der Waals surface area contributed by atoms with Gasteiger partial charge in [0.25, 0.3) is 0 Å². The van der Waals surface area contributed by atoms with Crippen LogP contribution in [0.2, 0.25) is 0 Å². The van der Waals surface area contributed by atoms with Crippen molar-refractivity contribution in [2.75, 3.05) is 43.1 Å². The van der Waals surface area contributed by atoms with Crippen molar-refractivity contribution in [2.45, 2.75) is 46.1 Å². The van der Waals surface area contributed by atoms with Crippen molar-refractivity contribution in [3.05, 3.63) is 59.7 Å². The first-order valence-corrected chi connectivity index (χ1v) is 13.3. The second kappa shape index (κ2) is 16.1. The van der Waals surface area contributed by atoms with Crippen molar-refractivity contribution >= 4 is 29.4 Å². The number of urea groups is 1. The van der Waals surface area contributed by atoms with E-state index >= 15 is 0 Å². The van der Waals surface area contributed by atoms with Crippen molar-refractivity contribution in [1.29, 1.82) is 0 Å². The summed E-state index contributed by atoms with van der Waals surface area (Å²) in [6.07, 6.45) is 1.51. The molecular weight excluding hydrogens is 464 g/mol. The molecule has 0 heterocycles. The van der Waals surface area contributed by atoms with E-state index in [2.05, 4.69) is 12.2 Å². The van der Waals surface area contributed by atoms with E-state index in [4.69, 9.17) is 9.47 Å². The number of ether oxygens (including phenoxy) is 2. The number of carboxylic acid groups (broad SMARTS) is 1. The number of carbonyl (C=O) groups is 2. The number of aliphatic carboxylic acids is 1. The molecule has 0 aliphatic rings. The van der Waals surface area contributed by atoms with E-state index in [1.54, 1.807) is 11.8 Å². The van der Waals surface area contributed by atoms with Crippen molar-refractivity contribution in [1.82, 2.24) is 4.90 Å². The van der Waals surface area contributed by atoms with E-state index in [-0.39, 0.29) is 6.03 Å². The molecule has 2 amide bonds. The van der Waals surface area contributed by atoms with Crippen molar-refractivity contribution in [3.8, 4) is 5.75 Å². The Morgan fingerprint density at radius 1 is 1.09 bits per heavy atom. The fourth-order valence-electron chi connectivity index (χ4n) is 3.47. The highest BCUT2D eigenvalue weighted by molar-refractivity contribution is 7.99. The largest absolute Gasteiger partial charge is 0.492 e. The quantitative estimate of drug-likeness (QED) is 0.296. The summed E-state index contributed by atoms with van der Waals surface area (Å²) in [5.41, 5.74) is 2.73. The number of nitrogens with one attached hydrogen (secondary N) is 1. The Bertz CT molecular complexity index is 907. The smallest absolute Gasteiger partial charge is 0.333 e. The summed E-state index contributed by atoms with van der Waals surface area (Å²) in [5, 5.41) is 12.2. The summed E-state index contributed by atoms with van der Waals surface area (Å²) in [7, 11) is 0. The Hall–Kier alpha value is -2.71. The van der Waals surface area contributed by atoms with Gasteiger partial charge in [0.2, 0.25) is 0 Å². The van der Waals surface area contributed by atoms with Gasteiger partial charge in [-0.25, -0.2) is 9.59 Å². The van der Waals surface area contributed by atoms with Crippen molar-refractivity contribution in [2.24, 2.45) is 0 Å². The summed E-state index contributed by atoms with van der Waals surface area (Å²) in [4.78, 5) is 26.0. The molecule has 0 spiro atoms. The lowest BCUT2D eigenvalue weighted by Crippen LogP contribution is -2.38. The summed E-state index contributed by atoms with van der Waals surface area (Å²) in [5.74, 6) is 1.86. The molecule has 0 aliphatic carbocycles. The van der Waals surface area contributed by atoms with Crippen LogP contribution in [0.5, 0.6) is 5.75 Å². The van der Waals surface area contributed by atoms with Gasteiger partial charge in [0.1, 0.15) is 12.4 Å². The maximum atomic E-state index is 12.9. The summed E-state index contributed by atoms with van der Waals surface area (Å²) in [6, 6.07) is 15.0. The lowest BCUT2D eigenvalue weighted by Gasteiger charge is -2.23. The minimum atomic E-state index is -0.968. The second-order valence-electron chi connectivity index (χ2n) is 8.23. The lowest BCUT2D eigenvalue weighted by molar-refractivity contribution is -0.149. The Balaban J connectivity index is 1.90. The van der Waals surface area contributed by atoms with Gasteiger partial charge in [-0.05, 0) is 73.6 Å². The first-order valence-electron chi connectivity index (χ1n) is 12.2. The molecule has 0 aromatic heterocycles. The molecule has 0 radical (unpaired) electrons. The van der Waals surface area contributed by atoms with Crippen molar-refractivity contribution in [3.63, 3.8) is 0 Å². The van der Waals surface area contributed by atoms with E-state index in [9.17, 15) is 14.7 Å². The maximum absolute atomic E-state index is 12.9. The average molecular weight is 503 g/mol. The number of amides is 2. The van der Waals surface area contributed by atoms with Crippen LogP contribution >= 0.6 is 11.8 Å². The number of benzene rings is 2. The van der Waals surface area contributed by atoms with Crippen LogP contribution < -0.4 is 10.1 Å². The van der Waals surface area contributed by atoms with E-state index in [0.717, 1.165) is 41.2 Å². The molecule has 0 fully saturated rings. The van der Waals surface area contributed by atoms with Gasteiger partial charge in [-0.1, -0.05) is 31.2 Å². The lowest BCUT2D eigenvalue weighted by atomic mass is 10.1. The number of nitrogens with zero attached hydrogens (tertiary/aromatic N) is 1. The molecule has 35 heavy (non-hydrogen) atoms. The number of carboxylic acids is 1. The monoisotopic (exact) mass is 502 g/mol. The normalized spacial score (nSPS) is 11.6. The molecule has 1 atom stereocenters. The van der Waals surface area contributed by atoms with E-state index in [1.165, 1.54) is 0 Å². The minimum Gasteiger partial charge on any atom is -0.492 e. The number of hydrogen-bond donors (Lipinski definition) is 2. The molecule has 2 N–H and O–H groups in total. The molecule has 7 nitrogen and oxygen atoms in total. The van der Waals surface area contributed by atoms with Gasteiger partial charge in [0.15, 0.2) is 6.10 Å². The Morgan fingerprint density at radius 3 is 2.51 bits per heavy atom. The number of rotatable bonds is 16. The molecule has 1 unspecified atom stereocenters. The minimum absolute atomic E-state index is 0.134. The van der Waals surface area contributed by atoms with Gasteiger partial charge >= 0.3 is 12.0 Å². The van der Waals surface area contributed by atoms with E-state index in [0.29, 0.717) is 38.5 Å². The predicted octanol–water partition coefficient (Wildman–Crippen LogP) is 5.47. The predicted molar refractivity (Wildman–Crippen MR) is 143 cm³/mol. The molecule has 2 aromatic rings. The van der Waals surface area contributed by atoms with E-state index < -0.39 is 12.1 Å². The molecule has 192 valence electrons. The highest BCUT2D eigenvalue weighted by Gasteiger charge is 2.18. The highest BCUT2D eigenvalue weighted by Crippen LogP contribution is 2.16. The number of thioether (sulfide) groups is 1. The molecule has 2 rings (SSSR count). The van der Waals surface area contributed by atoms with Gasteiger partial charge in [-0.2, -0.15) is 11.8 Å². The zero-order valence-corrected chi connectivity index (χ0v) is 21.8. The standard InChI is InChI=1S/C27H38N2O5S/c1-4-17-35-18-7-14-29(27(32)28-23-9-6-8-21(3)19-23)15-16-34-24-12-10-22(11-13-24)20-25(26(30)31)33-5-2/h6,8-13,19,25H,4-5,7,14-18,20H2,1-3H3,(H,28,32)(H,30,31). The molecule has 0 bridgehead atoms. The van der Waals surface area contributed by atoms with Gasteiger partial charge in [0, 0.05) is 25.3 Å². The molecule has 2 aromatic carbocycles. The van der Waals surface area contributed by atoms with Crippen molar-refractivity contribution < 1.29 is 24.2 Å². The van der Waals surface area contributed by atoms with Crippen LogP contribution in [-0.2, 0) is 16.0 Å². The van der Waals surface area contributed by atoms with Gasteiger partial charge in [-0.15, -0.1) is 0 Å². The van der Waals surface area contributed by atoms with Gasteiger partial charge in [0.05, 0.1) is 6.54 Å². The zero-order chi connectivity index (χ0) is 25.5. The molecule has 8 heteroatoms. The van der Waals surface area contributed by atoms with Gasteiger partial charge in [-0.3, -0.25) is 0 Å². The van der Waals surface area contributed by atoms with Crippen LogP contribution in [0.3, 0.4) is 0 Å². The fraction of sp³-hybridized carbons (Fsp3) is 0.481. The average Bonchev–Trinajstić information content (AvgIpc) is 2.83. The summed E-state index contributed by atoms with van der Waals surface area (Å²) < 4.78 is 11.2. The first-order chi connectivity index (χ1) is 16.9. The third kappa shape index (κ3) is 11.0. The first kappa shape index (κ1) is 28.5. The maximum Gasteiger partial charge on any atom is 0.333 e. The number of anilines is 1. The topological polar surface area (TPSA) is 88.1 Å². The molecule has 0 saturated heterocycles. The third-order valence-corrected chi connectivity index (χ3v) is 6.51. The van der Waals surface area contributed by atoms with Crippen LogP contribution in [-0.4, -0.2) is 65.9 Å². The number of aryl methyl sites for hydroxylation is 1. The summed E-state index contributed by atoms with van der Waals surface area (Å²) >= 11 is 1.91. The zero-order valence-electron chi connectivity index (χ0n) is 21.0. The molecule has 0 saturated carbocycles. The fourth-order valence-corrected chi connectivity index (χ4v) is 4.30.